The van der Waals surface area contributed by atoms with Crippen molar-refractivity contribution in [3.05, 3.63) is 17.3 Å². The van der Waals surface area contributed by atoms with Crippen LogP contribution < -0.4 is 10.5 Å². The molecule has 0 atom stereocenters. The topological polar surface area (TPSA) is 48.1 Å². The van der Waals surface area contributed by atoms with Crippen LogP contribution in [-0.2, 0) is 0 Å². The van der Waals surface area contributed by atoms with E-state index in [1.807, 2.05) is 0 Å². The molecular formula is C8H6ClF5N2O. The number of alkyl halides is 5. The Morgan fingerprint density at radius 1 is 1.29 bits per heavy atom. The normalized spacial score (nSPS) is 12.6. The van der Waals surface area contributed by atoms with Crippen LogP contribution in [0.1, 0.15) is 0 Å². The minimum Gasteiger partial charge on any atom is -0.469 e. The Kier molecular flexibility index (Phi) is 3.65. The number of nitrogen functional groups attached to an aromatic ring is 1. The summed E-state index contributed by atoms with van der Waals surface area (Å²) in [7, 11) is 0. The van der Waals surface area contributed by atoms with Gasteiger partial charge in [-0.25, -0.2) is 4.98 Å². The van der Waals surface area contributed by atoms with E-state index in [4.69, 9.17) is 17.3 Å². The first-order chi connectivity index (χ1) is 7.63. The van der Waals surface area contributed by atoms with Crippen LogP contribution in [-0.4, -0.2) is 23.7 Å². The first-order valence-corrected chi connectivity index (χ1v) is 4.49. The van der Waals surface area contributed by atoms with Gasteiger partial charge in [0, 0.05) is 6.20 Å². The summed E-state index contributed by atoms with van der Waals surface area (Å²) in [6, 6.07) is 1.12. The van der Waals surface area contributed by atoms with Crippen molar-refractivity contribution in [3.8, 4) is 5.88 Å². The predicted octanol–water partition coefficient (Wildman–Crippen LogP) is 2.89. The first kappa shape index (κ1) is 13.8. The summed E-state index contributed by atoms with van der Waals surface area (Å²) in [5.74, 6) is -5.50. The Bertz CT molecular complexity index is 409. The number of nitrogens with two attached hydrogens (primary N) is 1. The molecule has 0 unspecified atom stereocenters. The van der Waals surface area contributed by atoms with Crippen LogP contribution in [0.5, 0.6) is 5.88 Å². The van der Waals surface area contributed by atoms with Crippen molar-refractivity contribution in [2.24, 2.45) is 0 Å². The van der Waals surface area contributed by atoms with E-state index in [0.29, 0.717) is 0 Å². The zero-order valence-electron chi connectivity index (χ0n) is 8.06. The van der Waals surface area contributed by atoms with Gasteiger partial charge in [0.05, 0.1) is 10.7 Å². The number of rotatable bonds is 3. The zero-order chi connectivity index (χ0) is 13.3. The van der Waals surface area contributed by atoms with Crippen molar-refractivity contribution in [1.82, 2.24) is 4.98 Å². The van der Waals surface area contributed by atoms with Crippen molar-refractivity contribution < 1.29 is 26.7 Å². The van der Waals surface area contributed by atoms with Gasteiger partial charge in [-0.15, -0.1) is 0 Å². The number of pyridine rings is 1. The molecule has 17 heavy (non-hydrogen) atoms. The lowest BCUT2D eigenvalue weighted by molar-refractivity contribution is -0.290. The van der Waals surface area contributed by atoms with E-state index in [1.165, 1.54) is 0 Å². The molecule has 9 heteroatoms. The highest BCUT2D eigenvalue weighted by Gasteiger charge is 2.58. The molecule has 1 rings (SSSR count). The molecule has 96 valence electrons. The third kappa shape index (κ3) is 3.32. The molecule has 0 spiro atoms. The van der Waals surface area contributed by atoms with Crippen molar-refractivity contribution in [1.29, 1.82) is 0 Å². The first-order valence-electron chi connectivity index (χ1n) is 4.12. The molecule has 0 aliphatic heterocycles. The van der Waals surface area contributed by atoms with Gasteiger partial charge in [0.25, 0.3) is 0 Å². The third-order valence-electron chi connectivity index (χ3n) is 1.65. The fourth-order valence-electron chi connectivity index (χ4n) is 0.804. The smallest absolute Gasteiger partial charge is 0.456 e. The average molecular weight is 277 g/mol. The van der Waals surface area contributed by atoms with Gasteiger partial charge in [-0.05, 0) is 6.07 Å². The van der Waals surface area contributed by atoms with E-state index in [-0.39, 0.29) is 10.7 Å². The number of anilines is 1. The molecule has 0 amide bonds. The summed E-state index contributed by atoms with van der Waals surface area (Å²) < 4.78 is 64.6. The Morgan fingerprint density at radius 2 is 1.88 bits per heavy atom. The lowest BCUT2D eigenvalue weighted by Gasteiger charge is -2.19. The Morgan fingerprint density at radius 3 is 2.35 bits per heavy atom. The molecule has 2 N–H and O–H groups in total. The summed E-state index contributed by atoms with van der Waals surface area (Å²) in [5, 5.41) is 0.109. The van der Waals surface area contributed by atoms with E-state index in [1.54, 1.807) is 0 Å². The molecule has 0 saturated heterocycles. The number of hydrogen-bond acceptors (Lipinski definition) is 3. The van der Waals surface area contributed by atoms with E-state index in [0.717, 1.165) is 12.3 Å². The monoisotopic (exact) mass is 276 g/mol. The van der Waals surface area contributed by atoms with Crippen molar-refractivity contribution in [2.75, 3.05) is 12.3 Å². The molecule has 1 aromatic heterocycles. The molecule has 0 radical (unpaired) electrons. The number of ether oxygens (including phenoxy) is 1. The fourth-order valence-corrected chi connectivity index (χ4v) is 0.970. The van der Waals surface area contributed by atoms with Gasteiger partial charge in [-0.2, -0.15) is 22.0 Å². The van der Waals surface area contributed by atoms with Crippen LogP contribution in [0.3, 0.4) is 0 Å². The van der Waals surface area contributed by atoms with E-state index < -0.39 is 24.6 Å². The summed E-state index contributed by atoms with van der Waals surface area (Å²) in [6.07, 6.45) is -4.67. The lowest BCUT2D eigenvalue weighted by atomic mass is 10.3. The molecule has 0 aliphatic carbocycles. The molecule has 0 aliphatic rings. The molecule has 0 saturated carbocycles. The highest BCUT2D eigenvalue weighted by atomic mass is 35.5. The SMILES string of the molecule is Nc1cc(Cl)cnc1OCC(F)(F)C(F)(F)F. The second-order valence-corrected chi connectivity index (χ2v) is 3.48. The van der Waals surface area contributed by atoms with Gasteiger partial charge in [0.2, 0.25) is 5.88 Å². The number of hydrogen-bond donors (Lipinski definition) is 1. The summed E-state index contributed by atoms with van der Waals surface area (Å²) >= 11 is 5.45. The van der Waals surface area contributed by atoms with E-state index in [2.05, 4.69) is 9.72 Å². The van der Waals surface area contributed by atoms with Crippen LogP contribution >= 0.6 is 11.6 Å². The quantitative estimate of drug-likeness (QED) is 0.864. The van der Waals surface area contributed by atoms with Crippen LogP contribution in [0.15, 0.2) is 12.3 Å². The minimum atomic E-state index is -5.69. The van der Waals surface area contributed by atoms with Crippen molar-refractivity contribution >= 4 is 17.3 Å². The lowest BCUT2D eigenvalue weighted by Crippen LogP contribution is -2.41. The molecule has 3 nitrogen and oxygen atoms in total. The van der Waals surface area contributed by atoms with Gasteiger partial charge in [0.1, 0.15) is 0 Å². The molecular weight excluding hydrogens is 271 g/mol. The van der Waals surface area contributed by atoms with Gasteiger partial charge in [-0.1, -0.05) is 11.6 Å². The summed E-state index contributed by atoms with van der Waals surface area (Å²) in [6.45, 7) is -1.89. The van der Waals surface area contributed by atoms with E-state index >= 15 is 0 Å². The maximum Gasteiger partial charge on any atom is 0.456 e. The molecule has 0 bridgehead atoms. The maximum atomic E-state index is 12.5. The third-order valence-corrected chi connectivity index (χ3v) is 1.86. The van der Waals surface area contributed by atoms with Crippen LogP contribution in [0.2, 0.25) is 5.02 Å². The van der Waals surface area contributed by atoms with Crippen LogP contribution in [0, 0.1) is 0 Å². The number of halogens is 6. The number of nitrogens with zero attached hydrogens (tertiary/aromatic N) is 1. The second kappa shape index (κ2) is 4.52. The molecule has 1 aromatic rings. The molecule has 1 heterocycles. The summed E-state index contributed by atoms with van der Waals surface area (Å²) in [5.41, 5.74) is 5.04. The molecule has 0 aromatic carbocycles. The highest BCUT2D eigenvalue weighted by molar-refractivity contribution is 6.30. The standard InChI is InChI=1S/C8H6ClF5N2O/c9-4-1-5(15)6(16-2-4)17-3-7(10,11)8(12,13)14/h1-2H,3,15H2. The molecule has 0 fully saturated rings. The minimum absolute atomic E-state index is 0.109. The van der Waals surface area contributed by atoms with Crippen molar-refractivity contribution in [3.63, 3.8) is 0 Å². The maximum absolute atomic E-state index is 12.5. The van der Waals surface area contributed by atoms with Crippen LogP contribution in [0.4, 0.5) is 27.6 Å². The van der Waals surface area contributed by atoms with Gasteiger partial charge < -0.3 is 10.5 Å². The van der Waals surface area contributed by atoms with Gasteiger partial charge in [0.15, 0.2) is 6.61 Å². The summed E-state index contributed by atoms with van der Waals surface area (Å²) in [4.78, 5) is 3.38. The van der Waals surface area contributed by atoms with Gasteiger partial charge in [-0.3, -0.25) is 0 Å². The largest absolute Gasteiger partial charge is 0.469 e. The number of aromatic nitrogens is 1. The highest BCUT2D eigenvalue weighted by Crippen LogP contribution is 2.36. The Balaban J connectivity index is 2.74. The van der Waals surface area contributed by atoms with Gasteiger partial charge >= 0.3 is 12.1 Å². The average Bonchev–Trinajstić information content (AvgIpc) is 2.14. The predicted molar refractivity (Wildman–Crippen MR) is 50.2 cm³/mol. The Hall–Kier alpha value is -1.31. The fraction of sp³-hybridized carbons (Fsp3) is 0.375. The van der Waals surface area contributed by atoms with Crippen molar-refractivity contribution in [2.45, 2.75) is 12.1 Å². The van der Waals surface area contributed by atoms with Crippen LogP contribution in [0.25, 0.3) is 0 Å². The Labute approximate surface area is 97.3 Å². The second-order valence-electron chi connectivity index (χ2n) is 3.04. The zero-order valence-corrected chi connectivity index (χ0v) is 8.82. The van der Waals surface area contributed by atoms with E-state index in [9.17, 15) is 22.0 Å².